The second kappa shape index (κ2) is 4.67. The van der Waals surface area contributed by atoms with Crippen molar-refractivity contribution < 1.29 is 52.0 Å². The Bertz CT molecular complexity index is 351. The van der Waals surface area contributed by atoms with E-state index in [1.54, 1.807) is 0 Å². The minimum Gasteiger partial charge on any atom is -0.498 e. The lowest BCUT2D eigenvalue weighted by Gasteiger charge is -2.09. The van der Waals surface area contributed by atoms with E-state index >= 15 is 0 Å². The highest BCUT2D eigenvalue weighted by Gasteiger charge is 2.28. The Morgan fingerprint density at radius 1 is 0.688 bits per heavy atom. The molecule has 0 aliphatic carbocycles. The molecule has 10 nitrogen and oxygen atoms in total. The first-order valence-corrected chi connectivity index (χ1v) is 3.97. The fraction of sp³-hybridized carbons (Fsp3) is 0. The Labute approximate surface area is 88.0 Å². The molecule has 0 heterocycles. The Morgan fingerprint density at radius 3 is 1.31 bits per heavy atom. The van der Waals surface area contributed by atoms with Gasteiger partial charge in [-0.1, -0.05) is 0 Å². The predicted octanol–water partition coefficient (Wildman–Crippen LogP) is -3.72. The molecule has 16 heavy (non-hydrogen) atoms. The molecule has 0 radical (unpaired) electrons. The summed E-state index contributed by atoms with van der Waals surface area (Å²) in [6.45, 7) is 0. The van der Waals surface area contributed by atoms with Gasteiger partial charge in [0.15, 0.2) is 0 Å². The van der Waals surface area contributed by atoms with Gasteiger partial charge in [-0.2, -0.15) is 31.2 Å². The SMILES string of the molecule is Oc1c([NH+](O)O)cc([NH+](O)O)cc1[NH+](O)O. The van der Waals surface area contributed by atoms with Crippen LogP contribution in [-0.4, -0.2) is 36.4 Å². The van der Waals surface area contributed by atoms with Crippen LogP contribution in [0.1, 0.15) is 0 Å². The largest absolute Gasteiger partial charge is 0.498 e. The molecule has 10 heteroatoms. The summed E-state index contributed by atoms with van der Waals surface area (Å²) in [5.41, 5.74) is -1.48. The van der Waals surface area contributed by atoms with E-state index in [9.17, 15) is 5.11 Å². The molecule has 0 aromatic heterocycles. The van der Waals surface area contributed by atoms with Gasteiger partial charge in [-0.3, -0.25) is 0 Å². The molecule has 0 aliphatic rings. The second-order valence-corrected chi connectivity index (χ2v) is 2.89. The van der Waals surface area contributed by atoms with Crippen molar-refractivity contribution in [3.05, 3.63) is 12.1 Å². The number of nitrogens with one attached hydrogen (secondary N) is 3. The number of aromatic hydroxyl groups is 1. The van der Waals surface area contributed by atoms with Crippen LogP contribution in [0, 0.1) is 0 Å². The standard InChI is InChI=1S/C6H9N3O7/c10-6-4(8(13)14)1-3(7(11)12)2-5(6)9(15)16/h1-2,10-16H/p+3. The van der Waals surface area contributed by atoms with Gasteiger partial charge in [0, 0.05) is 0 Å². The summed E-state index contributed by atoms with van der Waals surface area (Å²) in [6.07, 6.45) is 0. The molecule has 1 rings (SSSR count). The number of phenols is 1. The Hall–Kier alpha value is -1.34. The summed E-state index contributed by atoms with van der Waals surface area (Å²) in [5.74, 6) is -0.815. The smallest absolute Gasteiger partial charge is 0.253 e. The molecule has 0 bridgehead atoms. The lowest BCUT2D eigenvalue weighted by molar-refractivity contribution is -1.20. The van der Waals surface area contributed by atoms with Crippen molar-refractivity contribution in [1.82, 2.24) is 0 Å². The Morgan fingerprint density at radius 2 is 1.06 bits per heavy atom. The molecule has 10 N–H and O–H groups in total. The average molecular weight is 238 g/mol. The number of rotatable bonds is 3. The molecule has 0 atom stereocenters. The number of hydrogen-bond acceptors (Lipinski definition) is 7. The lowest BCUT2D eigenvalue weighted by atomic mass is 10.2. The third-order valence-corrected chi connectivity index (χ3v) is 1.85. The highest BCUT2D eigenvalue weighted by Crippen LogP contribution is 2.28. The van der Waals surface area contributed by atoms with Gasteiger partial charge < -0.3 is 5.11 Å². The fourth-order valence-electron chi connectivity index (χ4n) is 1.10. The maximum absolute atomic E-state index is 9.38. The predicted molar refractivity (Wildman–Crippen MR) is 40.7 cm³/mol. The van der Waals surface area contributed by atoms with Crippen molar-refractivity contribution in [2.24, 2.45) is 0 Å². The molecule has 1 aromatic carbocycles. The van der Waals surface area contributed by atoms with Crippen LogP contribution >= 0.6 is 0 Å². The summed E-state index contributed by atoms with van der Waals surface area (Å²) in [5, 5.41) is 58.3. The van der Waals surface area contributed by atoms with Gasteiger partial charge in [-0.25, -0.2) is 0 Å². The number of quaternary nitrogens is 3. The van der Waals surface area contributed by atoms with E-state index in [1.165, 1.54) is 0 Å². The molecule has 0 aliphatic heterocycles. The van der Waals surface area contributed by atoms with Crippen molar-refractivity contribution in [1.29, 1.82) is 0 Å². The third-order valence-electron chi connectivity index (χ3n) is 1.85. The molecule has 90 valence electrons. The van der Waals surface area contributed by atoms with Crippen molar-refractivity contribution in [2.75, 3.05) is 0 Å². The van der Waals surface area contributed by atoms with Crippen LogP contribution in [0.5, 0.6) is 5.75 Å². The number of hydrogen-bond donors (Lipinski definition) is 10. The van der Waals surface area contributed by atoms with Crippen molar-refractivity contribution in [3.63, 3.8) is 0 Å². The minimum atomic E-state index is -1.30. The molecule has 0 spiro atoms. The molecule has 0 fully saturated rings. The highest BCUT2D eigenvalue weighted by atomic mass is 16.8. The summed E-state index contributed by atoms with van der Waals surface area (Å²) in [6, 6.07) is 1.68. The second-order valence-electron chi connectivity index (χ2n) is 2.89. The van der Waals surface area contributed by atoms with E-state index in [0.717, 1.165) is 12.1 Å². The van der Waals surface area contributed by atoms with Gasteiger partial charge in [-0.05, 0) is 15.7 Å². The van der Waals surface area contributed by atoms with Crippen LogP contribution in [0.4, 0.5) is 17.1 Å². The summed E-state index contributed by atoms with van der Waals surface area (Å²) >= 11 is 0. The molecular formula is C6H12N3O7+3. The van der Waals surface area contributed by atoms with Crippen molar-refractivity contribution >= 4 is 17.1 Å². The van der Waals surface area contributed by atoms with Crippen LogP contribution in [0.3, 0.4) is 0 Å². The van der Waals surface area contributed by atoms with E-state index in [0.29, 0.717) is 0 Å². The van der Waals surface area contributed by atoms with Gasteiger partial charge in [0.25, 0.3) is 17.1 Å². The molecule has 0 unspecified atom stereocenters. The maximum Gasteiger partial charge on any atom is 0.253 e. The molecule has 1 aromatic rings. The van der Waals surface area contributed by atoms with Crippen molar-refractivity contribution in [2.45, 2.75) is 0 Å². The van der Waals surface area contributed by atoms with Crippen LogP contribution in [0.25, 0.3) is 0 Å². The van der Waals surface area contributed by atoms with E-state index < -0.39 is 32.8 Å². The van der Waals surface area contributed by atoms with Crippen LogP contribution < -0.4 is 15.7 Å². The first-order valence-electron chi connectivity index (χ1n) is 3.97. The first-order chi connectivity index (χ1) is 7.34. The molecule has 0 saturated carbocycles. The van der Waals surface area contributed by atoms with E-state index in [4.69, 9.17) is 31.2 Å². The lowest BCUT2D eigenvalue weighted by Crippen LogP contribution is -3.05. The normalized spacial score (nSPS) is 11.8. The van der Waals surface area contributed by atoms with E-state index in [2.05, 4.69) is 0 Å². The molecular weight excluding hydrogens is 226 g/mol. The quantitative estimate of drug-likeness (QED) is 0.147. The highest BCUT2D eigenvalue weighted by molar-refractivity contribution is 5.63. The Kier molecular flexibility index (Phi) is 3.71. The van der Waals surface area contributed by atoms with E-state index in [-0.39, 0.29) is 5.69 Å². The number of phenolic OH excluding ortho intramolecular Hbond substituents is 1. The van der Waals surface area contributed by atoms with Gasteiger partial charge in [0.2, 0.25) is 5.69 Å². The summed E-state index contributed by atoms with van der Waals surface area (Å²) < 4.78 is 0. The zero-order valence-electron chi connectivity index (χ0n) is 7.79. The monoisotopic (exact) mass is 238 g/mol. The van der Waals surface area contributed by atoms with E-state index in [1.807, 2.05) is 0 Å². The van der Waals surface area contributed by atoms with Crippen LogP contribution in [0.2, 0.25) is 0 Å². The molecule has 0 saturated heterocycles. The zero-order valence-corrected chi connectivity index (χ0v) is 7.79. The molecule has 0 amide bonds. The third kappa shape index (κ3) is 2.42. The minimum absolute atomic E-state index is 0.330. The van der Waals surface area contributed by atoms with Gasteiger partial charge >= 0.3 is 0 Å². The van der Waals surface area contributed by atoms with Crippen molar-refractivity contribution in [3.8, 4) is 5.75 Å². The van der Waals surface area contributed by atoms with Crippen LogP contribution in [-0.2, 0) is 0 Å². The van der Waals surface area contributed by atoms with Gasteiger partial charge in [0.1, 0.15) is 0 Å². The van der Waals surface area contributed by atoms with Crippen LogP contribution in [0.15, 0.2) is 12.1 Å². The topological polar surface area (TPSA) is 155 Å². The van der Waals surface area contributed by atoms with Gasteiger partial charge in [0.05, 0.1) is 12.1 Å². The average Bonchev–Trinajstić information content (AvgIpc) is 2.16. The maximum atomic E-state index is 9.38. The van der Waals surface area contributed by atoms with Gasteiger partial charge in [-0.15, -0.1) is 0 Å². The first kappa shape index (κ1) is 12.7. The Balaban J connectivity index is 3.39. The summed E-state index contributed by atoms with van der Waals surface area (Å²) in [4.78, 5) is 0. The zero-order chi connectivity index (χ0) is 12.5. The summed E-state index contributed by atoms with van der Waals surface area (Å²) in [7, 11) is 0. The number of benzene rings is 1. The fourth-order valence-corrected chi connectivity index (χ4v) is 1.10.